The van der Waals surface area contributed by atoms with Gasteiger partial charge in [-0.25, -0.2) is 15.0 Å². The van der Waals surface area contributed by atoms with Gasteiger partial charge in [0.15, 0.2) is 17.0 Å². The molecule has 2 aromatic heterocycles. The van der Waals surface area contributed by atoms with E-state index in [1.165, 1.54) is 11.1 Å². The minimum absolute atomic E-state index is 0.0132. The molecule has 170 valence electrons. The maximum Gasteiger partial charge on any atom is 0.167 e. The number of aromatic nitrogens is 4. The van der Waals surface area contributed by atoms with E-state index < -0.39 is 0 Å². The molecule has 1 aliphatic heterocycles. The summed E-state index contributed by atoms with van der Waals surface area (Å²) in [6, 6.07) is 20.9. The predicted octanol–water partition coefficient (Wildman–Crippen LogP) is 3.20. The molecule has 0 aliphatic carbocycles. The first-order chi connectivity index (χ1) is 16.3. The molecule has 0 unspecified atom stereocenters. The second kappa shape index (κ2) is 9.66. The number of fused-ring (bicyclic) bond motifs is 1. The fraction of sp³-hybridized carbons (Fsp3) is 0.320. The maximum absolute atomic E-state index is 9.43. The van der Waals surface area contributed by atoms with E-state index in [2.05, 4.69) is 68.8 Å². The summed E-state index contributed by atoms with van der Waals surface area (Å²) in [5.41, 5.74) is 9.73. The number of aliphatic hydroxyl groups is 1. The van der Waals surface area contributed by atoms with Gasteiger partial charge >= 0.3 is 0 Å². The van der Waals surface area contributed by atoms with Crippen molar-refractivity contribution >= 4 is 17.0 Å². The number of hydrogen-bond acceptors (Lipinski definition) is 7. The van der Waals surface area contributed by atoms with Crippen molar-refractivity contribution in [2.24, 2.45) is 5.73 Å². The summed E-state index contributed by atoms with van der Waals surface area (Å²) < 4.78 is 7.87. The summed E-state index contributed by atoms with van der Waals surface area (Å²) in [6.45, 7) is 0.879. The van der Waals surface area contributed by atoms with Crippen molar-refractivity contribution in [1.82, 2.24) is 19.5 Å². The summed E-state index contributed by atoms with van der Waals surface area (Å²) in [6.07, 6.45) is 2.98. The lowest BCUT2D eigenvalue weighted by atomic mass is 9.91. The first-order valence-corrected chi connectivity index (χ1v) is 11.3. The Balaban J connectivity index is 1.46. The first-order valence-electron chi connectivity index (χ1n) is 11.3. The molecule has 2 aromatic carbocycles. The van der Waals surface area contributed by atoms with Gasteiger partial charge in [0.05, 0.1) is 25.6 Å². The number of nitrogens with zero attached hydrogens (tertiary/aromatic N) is 4. The van der Waals surface area contributed by atoms with Crippen LogP contribution in [0, 0.1) is 0 Å². The van der Waals surface area contributed by atoms with E-state index in [1.807, 2.05) is 16.7 Å². The van der Waals surface area contributed by atoms with Gasteiger partial charge in [0, 0.05) is 12.5 Å². The van der Waals surface area contributed by atoms with Crippen molar-refractivity contribution in [3.05, 3.63) is 83.9 Å². The highest BCUT2D eigenvalue weighted by atomic mass is 16.5. The van der Waals surface area contributed by atoms with E-state index in [0.29, 0.717) is 29.4 Å². The zero-order valence-electron chi connectivity index (χ0n) is 18.3. The third kappa shape index (κ3) is 4.45. The third-order valence-corrected chi connectivity index (χ3v) is 6.13. The van der Waals surface area contributed by atoms with Crippen LogP contribution in [0.25, 0.3) is 11.2 Å². The van der Waals surface area contributed by atoms with Crippen LogP contribution in [0.15, 0.2) is 67.0 Å². The highest BCUT2D eigenvalue weighted by Gasteiger charge is 2.28. The lowest BCUT2D eigenvalue weighted by Crippen LogP contribution is -2.17. The molecule has 4 N–H and O–H groups in total. The van der Waals surface area contributed by atoms with Crippen LogP contribution >= 0.6 is 0 Å². The summed E-state index contributed by atoms with van der Waals surface area (Å²) in [5.74, 6) is 1.34. The Kier molecular flexibility index (Phi) is 6.30. The highest BCUT2D eigenvalue weighted by molar-refractivity contribution is 5.83. The van der Waals surface area contributed by atoms with Gasteiger partial charge in [-0.2, -0.15) is 0 Å². The average molecular weight is 445 g/mol. The number of aliphatic hydroxyl groups excluding tert-OH is 1. The summed E-state index contributed by atoms with van der Waals surface area (Å²) in [7, 11) is 0. The predicted molar refractivity (Wildman–Crippen MR) is 127 cm³/mol. The molecule has 8 heteroatoms. The molecule has 4 aromatic rings. The van der Waals surface area contributed by atoms with Gasteiger partial charge in [0.1, 0.15) is 12.1 Å². The molecule has 1 aliphatic rings. The van der Waals surface area contributed by atoms with Crippen LogP contribution in [0.4, 0.5) is 5.82 Å². The topological polar surface area (TPSA) is 111 Å². The molecule has 33 heavy (non-hydrogen) atoms. The minimum atomic E-state index is -0.207. The molecule has 0 spiro atoms. The normalized spacial score (nSPS) is 18.3. The van der Waals surface area contributed by atoms with E-state index in [4.69, 9.17) is 10.5 Å². The Morgan fingerprint density at radius 3 is 2.33 bits per heavy atom. The summed E-state index contributed by atoms with van der Waals surface area (Å²) >= 11 is 0. The van der Waals surface area contributed by atoms with E-state index in [0.717, 1.165) is 12.8 Å². The number of hydrogen-bond donors (Lipinski definition) is 3. The van der Waals surface area contributed by atoms with Gasteiger partial charge in [-0.1, -0.05) is 60.7 Å². The van der Waals surface area contributed by atoms with Gasteiger partial charge < -0.3 is 20.9 Å². The Labute approximate surface area is 192 Å². The van der Waals surface area contributed by atoms with Crippen molar-refractivity contribution in [3.63, 3.8) is 0 Å². The summed E-state index contributed by atoms with van der Waals surface area (Å²) in [5, 5.41) is 12.9. The molecule has 0 saturated carbocycles. The number of nitrogens with two attached hydrogens (primary N) is 1. The molecular weight excluding hydrogens is 416 g/mol. The van der Waals surface area contributed by atoms with Crippen LogP contribution in [-0.2, 0) is 11.3 Å². The molecule has 0 radical (unpaired) electrons. The molecule has 5 rings (SSSR count). The van der Waals surface area contributed by atoms with Crippen LogP contribution in [-0.4, -0.2) is 43.9 Å². The van der Waals surface area contributed by atoms with Crippen molar-refractivity contribution < 1.29 is 9.84 Å². The largest absolute Gasteiger partial charge is 0.394 e. The third-order valence-electron chi connectivity index (χ3n) is 6.13. The maximum atomic E-state index is 9.43. The van der Waals surface area contributed by atoms with Crippen molar-refractivity contribution in [2.75, 3.05) is 18.5 Å². The lowest BCUT2D eigenvalue weighted by Gasteiger charge is -2.19. The van der Waals surface area contributed by atoms with Crippen LogP contribution in [0.2, 0.25) is 0 Å². The van der Waals surface area contributed by atoms with Crippen molar-refractivity contribution in [1.29, 1.82) is 0 Å². The number of nitrogens with one attached hydrogen (secondary N) is 1. The number of imidazole rings is 1. The van der Waals surface area contributed by atoms with Crippen LogP contribution < -0.4 is 11.1 Å². The van der Waals surface area contributed by atoms with Crippen LogP contribution in [0.3, 0.4) is 0 Å². The van der Waals surface area contributed by atoms with Gasteiger partial charge in [0.25, 0.3) is 0 Å². The number of anilines is 1. The fourth-order valence-electron chi connectivity index (χ4n) is 4.41. The molecule has 0 bridgehead atoms. The van der Waals surface area contributed by atoms with E-state index in [1.54, 1.807) is 6.33 Å². The van der Waals surface area contributed by atoms with Crippen molar-refractivity contribution in [3.8, 4) is 0 Å². The monoisotopic (exact) mass is 444 g/mol. The van der Waals surface area contributed by atoms with Gasteiger partial charge in [-0.3, -0.25) is 4.57 Å². The zero-order valence-corrected chi connectivity index (χ0v) is 18.3. The van der Waals surface area contributed by atoms with Crippen LogP contribution in [0.5, 0.6) is 0 Å². The molecule has 1 saturated heterocycles. The van der Waals surface area contributed by atoms with E-state index >= 15 is 0 Å². The Morgan fingerprint density at radius 2 is 1.73 bits per heavy atom. The number of benzene rings is 2. The van der Waals surface area contributed by atoms with Crippen LogP contribution in [0.1, 0.15) is 41.9 Å². The molecule has 1 fully saturated rings. The quantitative estimate of drug-likeness (QED) is 0.383. The Morgan fingerprint density at radius 1 is 1.03 bits per heavy atom. The number of rotatable bonds is 8. The number of ether oxygens (including phenoxy) is 1. The Hall–Kier alpha value is -3.33. The molecule has 2 atom stereocenters. The van der Waals surface area contributed by atoms with Gasteiger partial charge in [-0.15, -0.1) is 0 Å². The zero-order chi connectivity index (χ0) is 22.6. The lowest BCUT2D eigenvalue weighted by molar-refractivity contribution is -0.0207. The molecule has 3 heterocycles. The SMILES string of the molecule is NCc1nc(NCC(c2ccccc2)c2ccccc2)c2ncn([C@H]3CC[C@@H](CO)O3)c2n1. The van der Waals surface area contributed by atoms with Gasteiger partial charge in [0.2, 0.25) is 0 Å². The van der Waals surface area contributed by atoms with Gasteiger partial charge in [-0.05, 0) is 24.0 Å². The average Bonchev–Trinajstić information content (AvgIpc) is 3.52. The second-order valence-corrected chi connectivity index (χ2v) is 8.24. The minimum Gasteiger partial charge on any atom is -0.394 e. The highest BCUT2D eigenvalue weighted by Crippen LogP contribution is 2.32. The smallest absolute Gasteiger partial charge is 0.167 e. The Bertz CT molecular complexity index is 1160. The standard InChI is InChI=1S/C25H28N6O2/c26-13-21-29-24(23-25(30-21)31(16-28-23)22-12-11-19(15-32)33-22)27-14-20(17-7-3-1-4-8-17)18-9-5-2-6-10-18/h1-10,16,19-20,22,32H,11-15,26H2,(H,27,29,30)/t19-,22+/m0/s1. The molecule has 8 nitrogen and oxygen atoms in total. The van der Waals surface area contributed by atoms with E-state index in [9.17, 15) is 5.11 Å². The first kappa shape index (κ1) is 21.5. The van der Waals surface area contributed by atoms with Crippen molar-refractivity contribution in [2.45, 2.75) is 37.6 Å². The molecule has 0 amide bonds. The van der Waals surface area contributed by atoms with E-state index in [-0.39, 0.29) is 31.4 Å². The summed E-state index contributed by atoms with van der Waals surface area (Å²) in [4.78, 5) is 13.9. The second-order valence-electron chi connectivity index (χ2n) is 8.24. The fourth-order valence-corrected chi connectivity index (χ4v) is 4.41. The molecular formula is C25H28N6O2.